The van der Waals surface area contributed by atoms with Crippen LogP contribution >= 0.6 is 28.6 Å². The fourth-order valence-electron chi connectivity index (χ4n) is 1.26. The smallest absolute Gasteiger partial charge is 0.0792 e. The molecule has 0 aromatic rings. The highest BCUT2D eigenvalue weighted by atomic mass is 79.9. The number of rotatable bonds is 7. The summed E-state index contributed by atoms with van der Waals surface area (Å²) >= 11 is 5.62. The predicted molar refractivity (Wildman–Crippen MR) is 70.7 cm³/mol. The van der Waals surface area contributed by atoms with Crippen LogP contribution in [0.1, 0.15) is 12.8 Å². The summed E-state index contributed by atoms with van der Waals surface area (Å²) in [6.07, 6.45) is 2.37. The lowest BCUT2D eigenvalue weighted by molar-refractivity contribution is -0.870. The van der Waals surface area contributed by atoms with Gasteiger partial charge in [0.15, 0.2) is 0 Å². The van der Waals surface area contributed by atoms with Crippen LogP contribution in [0.4, 0.5) is 0 Å². The van der Waals surface area contributed by atoms with E-state index in [2.05, 4.69) is 33.1 Å². The number of hydrogen-bond acceptors (Lipinski definition) is 1. The second-order valence-electron chi connectivity index (χ2n) is 4.71. The molecule has 0 spiro atoms. The molecule has 0 aromatic carbocycles. The summed E-state index contributed by atoms with van der Waals surface area (Å²) in [6.45, 7) is 3.55. The molecule has 0 saturated heterocycles. The average Bonchev–Trinajstić information content (AvgIpc) is 1.98. The van der Waals surface area contributed by atoms with E-state index in [9.17, 15) is 0 Å². The lowest BCUT2D eigenvalue weighted by Gasteiger charge is -2.25. The molecular formula is C10H25Br2ClN2. The normalized spacial score (nSPS) is 10.8. The Morgan fingerprint density at radius 3 is 1.93 bits per heavy atom. The third kappa shape index (κ3) is 17.8. The molecule has 0 saturated carbocycles. The van der Waals surface area contributed by atoms with Crippen molar-refractivity contribution in [2.24, 2.45) is 0 Å². The molecule has 0 unspecified atom stereocenters. The van der Waals surface area contributed by atoms with Gasteiger partial charge >= 0.3 is 0 Å². The Labute approximate surface area is 121 Å². The molecule has 96 valence electrons. The molecule has 0 aromatic heterocycles. The molecule has 0 amide bonds. The maximum absolute atomic E-state index is 5.62. The molecule has 0 radical (unpaired) electrons. The maximum Gasteiger partial charge on any atom is 0.0792 e. The van der Waals surface area contributed by atoms with Gasteiger partial charge in [-0.05, 0) is 20.0 Å². The Morgan fingerprint density at radius 2 is 1.53 bits per heavy atom. The minimum atomic E-state index is 0. The zero-order valence-corrected chi connectivity index (χ0v) is 14.4. The Bertz CT molecular complexity index is 129. The summed E-state index contributed by atoms with van der Waals surface area (Å²) in [5.74, 6) is 0.777. The third-order valence-corrected chi connectivity index (χ3v) is 2.31. The SMILES string of the molecule is Br.CN(CCCCl)CCC[N+](C)(C)C.[Br-]. The molecule has 15 heavy (non-hydrogen) atoms. The molecule has 5 heteroatoms. The van der Waals surface area contributed by atoms with Crippen LogP contribution in [-0.2, 0) is 0 Å². The highest BCUT2D eigenvalue weighted by molar-refractivity contribution is 8.93. The van der Waals surface area contributed by atoms with Gasteiger partial charge in [0, 0.05) is 18.8 Å². The monoisotopic (exact) mass is 366 g/mol. The van der Waals surface area contributed by atoms with Crippen LogP contribution in [0, 0.1) is 0 Å². The fourth-order valence-corrected chi connectivity index (χ4v) is 1.38. The molecule has 0 rings (SSSR count). The van der Waals surface area contributed by atoms with Gasteiger partial charge in [0.1, 0.15) is 0 Å². The van der Waals surface area contributed by atoms with Crippen molar-refractivity contribution >= 4 is 28.6 Å². The number of hydrogen-bond donors (Lipinski definition) is 0. The van der Waals surface area contributed by atoms with Gasteiger partial charge in [0.2, 0.25) is 0 Å². The van der Waals surface area contributed by atoms with Crippen molar-refractivity contribution < 1.29 is 21.5 Å². The largest absolute Gasteiger partial charge is 1.00 e. The van der Waals surface area contributed by atoms with Crippen molar-refractivity contribution in [2.75, 3.05) is 53.7 Å². The van der Waals surface area contributed by atoms with E-state index >= 15 is 0 Å². The van der Waals surface area contributed by atoms with Crippen molar-refractivity contribution in [1.29, 1.82) is 0 Å². The Balaban J connectivity index is -0.000000720. The number of alkyl halides is 1. The Hall–Kier alpha value is 1.17. The van der Waals surface area contributed by atoms with Gasteiger partial charge in [-0.2, -0.15) is 0 Å². The molecule has 0 heterocycles. The van der Waals surface area contributed by atoms with Crippen LogP contribution in [0.25, 0.3) is 0 Å². The maximum atomic E-state index is 5.62. The summed E-state index contributed by atoms with van der Waals surface area (Å²) < 4.78 is 1.06. The lowest BCUT2D eigenvalue weighted by atomic mass is 10.3. The van der Waals surface area contributed by atoms with Crippen molar-refractivity contribution in [1.82, 2.24) is 4.90 Å². The van der Waals surface area contributed by atoms with E-state index in [1.807, 2.05) is 0 Å². The van der Waals surface area contributed by atoms with Gasteiger partial charge in [-0.25, -0.2) is 0 Å². The van der Waals surface area contributed by atoms with E-state index in [1.54, 1.807) is 0 Å². The summed E-state index contributed by atoms with van der Waals surface area (Å²) in [5.41, 5.74) is 0. The van der Waals surface area contributed by atoms with Crippen molar-refractivity contribution in [3.8, 4) is 0 Å². The molecular weight excluding hydrogens is 343 g/mol. The van der Waals surface area contributed by atoms with Crippen molar-refractivity contribution in [2.45, 2.75) is 12.8 Å². The molecule has 0 aliphatic carbocycles. The minimum absolute atomic E-state index is 0. The van der Waals surface area contributed by atoms with Gasteiger partial charge < -0.3 is 26.4 Å². The molecule has 0 N–H and O–H groups in total. The van der Waals surface area contributed by atoms with Crippen LogP contribution in [-0.4, -0.2) is 63.1 Å². The highest BCUT2D eigenvalue weighted by Gasteiger charge is 2.06. The van der Waals surface area contributed by atoms with Gasteiger partial charge in [-0.15, -0.1) is 28.6 Å². The minimum Gasteiger partial charge on any atom is -1.00 e. The molecule has 0 fully saturated rings. The molecule has 0 aliphatic heterocycles. The number of nitrogens with zero attached hydrogens (tertiary/aromatic N) is 2. The lowest BCUT2D eigenvalue weighted by Crippen LogP contribution is -3.00. The van der Waals surface area contributed by atoms with Gasteiger partial charge in [0.05, 0.1) is 27.7 Å². The van der Waals surface area contributed by atoms with Crippen molar-refractivity contribution in [3.05, 3.63) is 0 Å². The highest BCUT2D eigenvalue weighted by Crippen LogP contribution is 1.96. The first-order valence-corrected chi connectivity index (χ1v) is 5.54. The van der Waals surface area contributed by atoms with E-state index < -0.39 is 0 Å². The predicted octanol–water partition coefficient (Wildman–Crippen LogP) is -0.775. The van der Waals surface area contributed by atoms with Crippen LogP contribution in [0.3, 0.4) is 0 Å². The first kappa shape index (κ1) is 21.5. The van der Waals surface area contributed by atoms with Crippen LogP contribution in [0.15, 0.2) is 0 Å². The topological polar surface area (TPSA) is 3.24 Å². The standard InChI is InChI=1S/C10H24ClN2.2BrH/c1-12(8-5-7-11)9-6-10-13(2,3)4;;/h5-10H2,1-4H3;2*1H/q+1;;/p-1. The molecule has 0 bridgehead atoms. The van der Waals surface area contributed by atoms with Gasteiger partial charge in [-0.1, -0.05) is 0 Å². The molecule has 0 aliphatic rings. The van der Waals surface area contributed by atoms with Crippen LogP contribution < -0.4 is 17.0 Å². The van der Waals surface area contributed by atoms with E-state index in [4.69, 9.17) is 11.6 Å². The zero-order valence-electron chi connectivity index (χ0n) is 10.3. The summed E-state index contributed by atoms with van der Waals surface area (Å²) in [7, 11) is 8.87. The summed E-state index contributed by atoms with van der Waals surface area (Å²) in [6, 6.07) is 0. The first-order chi connectivity index (χ1) is 5.95. The number of quaternary nitrogens is 1. The Kier molecular flexibility index (Phi) is 16.7. The summed E-state index contributed by atoms with van der Waals surface area (Å²) in [4.78, 5) is 2.36. The molecule has 2 nitrogen and oxygen atoms in total. The molecule has 0 atom stereocenters. The third-order valence-electron chi connectivity index (χ3n) is 2.04. The Morgan fingerprint density at radius 1 is 1.07 bits per heavy atom. The van der Waals surface area contributed by atoms with E-state index in [0.717, 1.165) is 23.3 Å². The van der Waals surface area contributed by atoms with Crippen LogP contribution in [0.2, 0.25) is 0 Å². The zero-order chi connectivity index (χ0) is 10.3. The summed E-state index contributed by atoms with van der Waals surface area (Å²) in [5, 5.41) is 0. The average molecular weight is 369 g/mol. The van der Waals surface area contributed by atoms with Gasteiger partial charge in [-0.3, -0.25) is 0 Å². The second kappa shape index (κ2) is 11.6. The number of halogens is 3. The van der Waals surface area contributed by atoms with E-state index in [-0.39, 0.29) is 34.0 Å². The second-order valence-corrected chi connectivity index (χ2v) is 5.09. The van der Waals surface area contributed by atoms with Gasteiger partial charge in [0.25, 0.3) is 0 Å². The van der Waals surface area contributed by atoms with E-state index in [1.165, 1.54) is 19.5 Å². The quantitative estimate of drug-likeness (QED) is 0.421. The fraction of sp³-hybridized carbons (Fsp3) is 1.00. The first-order valence-electron chi connectivity index (χ1n) is 5.00. The van der Waals surface area contributed by atoms with E-state index in [0.29, 0.717) is 0 Å². The van der Waals surface area contributed by atoms with Crippen molar-refractivity contribution in [3.63, 3.8) is 0 Å². The van der Waals surface area contributed by atoms with Crippen LogP contribution in [0.5, 0.6) is 0 Å².